The minimum absolute atomic E-state index is 0.532. The van der Waals surface area contributed by atoms with Crippen molar-refractivity contribution < 1.29 is 4.43 Å². The van der Waals surface area contributed by atoms with Crippen molar-refractivity contribution in [1.82, 2.24) is 0 Å². The molecule has 0 N–H and O–H groups in total. The summed E-state index contributed by atoms with van der Waals surface area (Å²) in [5, 5.41) is 0. The van der Waals surface area contributed by atoms with Crippen LogP contribution in [0.25, 0.3) is 0 Å². The van der Waals surface area contributed by atoms with Crippen molar-refractivity contribution in [3.05, 3.63) is 0 Å². The van der Waals surface area contributed by atoms with Crippen LogP contribution in [0.2, 0.25) is 18.6 Å². The van der Waals surface area contributed by atoms with Crippen LogP contribution in [-0.4, -0.2) is 14.4 Å². The van der Waals surface area contributed by atoms with E-state index in [4.69, 9.17) is 4.43 Å². The van der Waals surface area contributed by atoms with Gasteiger partial charge in [0.2, 0.25) is 0 Å². The molecular formula is C19H42OSi. The molecular weight excluding hydrogens is 272 g/mol. The normalized spacial score (nSPS) is 13.9. The Kier molecular flexibility index (Phi) is 12.8. The Labute approximate surface area is 136 Å². The molecule has 0 radical (unpaired) electrons. The van der Waals surface area contributed by atoms with Gasteiger partial charge in [-0.05, 0) is 31.5 Å². The van der Waals surface area contributed by atoms with Crippen LogP contribution in [-0.2, 0) is 4.43 Å². The molecule has 0 spiro atoms. The molecule has 21 heavy (non-hydrogen) atoms. The molecule has 0 heterocycles. The smallest absolute Gasteiger partial charge is 0.189 e. The van der Waals surface area contributed by atoms with E-state index < -0.39 is 8.32 Å². The number of hydrogen-bond acceptors (Lipinski definition) is 1. The van der Waals surface area contributed by atoms with Crippen molar-refractivity contribution in [2.45, 2.75) is 123 Å². The average Bonchev–Trinajstić information content (AvgIpc) is 2.43. The maximum atomic E-state index is 6.59. The first-order chi connectivity index (χ1) is 9.94. The summed E-state index contributed by atoms with van der Waals surface area (Å²) in [5.74, 6) is 0. The van der Waals surface area contributed by atoms with Crippen molar-refractivity contribution in [2.24, 2.45) is 0 Å². The van der Waals surface area contributed by atoms with Gasteiger partial charge < -0.3 is 4.43 Å². The first-order valence-corrected chi connectivity index (χ1v) is 12.6. The minimum Gasteiger partial charge on any atom is -0.414 e. The highest BCUT2D eigenvalue weighted by atomic mass is 28.4. The molecule has 0 aromatic carbocycles. The average molecular weight is 315 g/mol. The zero-order valence-electron chi connectivity index (χ0n) is 15.8. The second kappa shape index (κ2) is 12.7. The van der Waals surface area contributed by atoms with E-state index in [1.165, 1.54) is 70.6 Å². The van der Waals surface area contributed by atoms with Gasteiger partial charge in [-0.1, -0.05) is 85.5 Å². The van der Waals surface area contributed by atoms with Crippen molar-refractivity contribution in [3.8, 4) is 0 Å². The van der Waals surface area contributed by atoms with Crippen molar-refractivity contribution >= 4 is 8.32 Å². The quantitative estimate of drug-likeness (QED) is 0.241. The van der Waals surface area contributed by atoms with Gasteiger partial charge >= 0.3 is 0 Å². The Balaban J connectivity index is 3.96. The Morgan fingerprint density at radius 1 is 0.714 bits per heavy atom. The van der Waals surface area contributed by atoms with Crippen LogP contribution in [0.5, 0.6) is 0 Å². The molecule has 0 aromatic rings. The fourth-order valence-electron chi connectivity index (χ4n) is 2.59. The Bertz CT molecular complexity index is 226. The van der Waals surface area contributed by atoms with Gasteiger partial charge in [0.25, 0.3) is 0 Å². The molecule has 0 amide bonds. The molecule has 0 fully saturated rings. The van der Waals surface area contributed by atoms with E-state index in [-0.39, 0.29) is 0 Å². The summed E-state index contributed by atoms with van der Waals surface area (Å²) in [5.41, 5.74) is 0.718. The molecule has 0 rings (SSSR count). The fraction of sp³-hybridized carbons (Fsp3) is 1.00. The van der Waals surface area contributed by atoms with E-state index in [0.717, 1.165) is 5.54 Å². The monoisotopic (exact) mass is 314 g/mol. The molecule has 1 nitrogen and oxygen atoms in total. The lowest BCUT2D eigenvalue weighted by atomic mass is 10.0. The highest BCUT2D eigenvalue weighted by molar-refractivity contribution is 6.72. The van der Waals surface area contributed by atoms with Crippen LogP contribution in [0.15, 0.2) is 0 Å². The summed E-state index contributed by atoms with van der Waals surface area (Å²) in [6.07, 6.45) is 15.5. The Morgan fingerprint density at radius 3 is 1.71 bits per heavy atom. The van der Waals surface area contributed by atoms with Gasteiger partial charge in [-0.25, -0.2) is 0 Å². The lowest BCUT2D eigenvalue weighted by Gasteiger charge is -2.32. The van der Waals surface area contributed by atoms with Gasteiger partial charge in [0.15, 0.2) is 8.32 Å². The Hall–Kier alpha value is 0.177. The number of unbranched alkanes of at least 4 members (excludes halogenated alkanes) is 7. The number of hydrogen-bond donors (Lipinski definition) is 0. The first-order valence-electron chi connectivity index (χ1n) is 9.61. The summed E-state index contributed by atoms with van der Waals surface area (Å²) < 4.78 is 6.59. The molecule has 0 aliphatic rings. The second-order valence-corrected chi connectivity index (χ2v) is 12.1. The molecule has 0 aliphatic heterocycles. The summed E-state index contributed by atoms with van der Waals surface area (Å²) >= 11 is 0. The van der Waals surface area contributed by atoms with Gasteiger partial charge in [-0.2, -0.15) is 0 Å². The van der Waals surface area contributed by atoms with E-state index in [1.807, 2.05) is 0 Å². The van der Waals surface area contributed by atoms with E-state index >= 15 is 0 Å². The lowest BCUT2D eigenvalue weighted by Crippen LogP contribution is -2.38. The summed E-state index contributed by atoms with van der Waals surface area (Å²) in [7, 11) is -1.48. The van der Waals surface area contributed by atoms with Crippen LogP contribution in [0, 0.1) is 0 Å². The van der Waals surface area contributed by atoms with Crippen LogP contribution in [0.1, 0.15) is 98.3 Å². The van der Waals surface area contributed by atoms with Crippen LogP contribution in [0.4, 0.5) is 0 Å². The summed E-state index contributed by atoms with van der Waals surface area (Å²) in [4.78, 5) is 0. The maximum Gasteiger partial charge on any atom is 0.189 e. The van der Waals surface area contributed by atoms with Crippen molar-refractivity contribution in [1.29, 1.82) is 0 Å². The third kappa shape index (κ3) is 11.4. The van der Waals surface area contributed by atoms with Crippen molar-refractivity contribution in [3.63, 3.8) is 0 Å². The zero-order valence-corrected chi connectivity index (χ0v) is 16.8. The molecule has 1 atom stereocenters. The first kappa shape index (κ1) is 21.2. The fourth-order valence-corrected chi connectivity index (χ4v) is 3.96. The van der Waals surface area contributed by atoms with Crippen molar-refractivity contribution in [2.75, 3.05) is 0 Å². The standard InChI is InChI=1S/C19H42OSi/c1-7-9-11-12-13-14-15-17-19(16-10-8-2)20-21(5,6)18(3)4/h18-19H,7-17H2,1-6H3. The molecule has 0 aromatic heterocycles. The van der Waals surface area contributed by atoms with Gasteiger partial charge in [-0.15, -0.1) is 0 Å². The lowest BCUT2D eigenvalue weighted by molar-refractivity contribution is 0.161. The molecule has 0 bridgehead atoms. The topological polar surface area (TPSA) is 9.23 Å². The second-order valence-electron chi connectivity index (χ2n) is 7.55. The third-order valence-electron chi connectivity index (χ3n) is 4.87. The van der Waals surface area contributed by atoms with Crippen LogP contribution >= 0.6 is 0 Å². The van der Waals surface area contributed by atoms with E-state index in [0.29, 0.717) is 6.10 Å². The van der Waals surface area contributed by atoms with E-state index in [1.54, 1.807) is 0 Å². The number of rotatable bonds is 14. The van der Waals surface area contributed by atoms with Crippen LogP contribution in [0.3, 0.4) is 0 Å². The van der Waals surface area contributed by atoms with E-state index in [9.17, 15) is 0 Å². The molecule has 0 aliphatic carbocycles. The predicted octanol–water partition coefficient (Wildman–Crippen LogP) is 7.32. The van der Waals surface area contributed by atoms with Gasteiger partial charge in [0.1, 0.15) is 0 Å². The molecule has 0 saturated carbocycles. The van der Waals surface area contributed by atoms with Gasteiger partial charge in [0, 0.05) is 6.10 Å². The Morgan fingerprint density at radius 2 is 1.19 bits per heavy atom. The largest absolute Gasteiger partial charge is 0.414 e. The highest BCUT2D eigenvalue weighted by Gasteiger charge is 2.29. The van der Waals surface area contributed by atoms with Gasteiger partial charge in [-0.3, -0.25) is 0 Å². The van der Waals surface area contributed by atoms with Gasteiger partial charge in [0.05, 0.1) is 0 Å². The summed E-state index contributed by atoms with van der Waals surface area (Å²) in [6.45, 7) is 14.0. The molecule has 2 heteroatoms. The zero-order chi connectivity index (χ0) is 16.1. The molecule has 1 unspecified atom stereocenters. The highest BCUT2D eigenvalue weighted by Crippen LogP contribution is 2.26. The molecule has 0 saturated heterocycles. The predicted molar refractivity (Wildman–Crippen MR) is 99.6 cm³/mol. The SMILES string of the molecule is CCCCCCCCCC(CCCC)O[Si](C)(C)C(C)C. The minimum atomic E-state index is -1.48. The molecule has 128 valence electrons. The third-order valence-corrected chi connectivity index (χ3v) is 8.59. The maximum absolute atomic E-state index is 6.59. The van der Waals surface area contributed by atoms with E-state index in [2.05, 4.69) is 40.8 Å². The summed E-state index contributed by atoms with van der Waals surface area (Å²) in [6, 6.07) is 0. The van der Waals surface area contributed by atoms with Crippen LogP contribution < -0.4 is 0 Å².